The van der Waals surface area contributed by atoms with Crippen molar-refractivity contribution in [2.24, 2.45) is 5.92 Å². The van der Waals surface area contributed by atoms with Gasteiger partial charge in [0.2, 0.25) is 11.8 Å². The summed E-state index contributed by atoms with van der Waals surface area (Å²) in [7, 11) is 0. The molecule has 6 nitrogen and oxygen atoms in total. The number of carbonyl (C=O) groups excluding carboxylic acids is 2. The fraction of sp³-hybridized carbons (Fsp3) is 0.286. The van der Waals surface area contributed by atoms with Gasteiger partial charge in [-0.2, -0.15) is 0 Å². The van der Waals surface area contributed by atoms with Gasteiger partial charge in [0.1, 0.15) is 0 Å². The number of nitrogens with one attached hydrogen (secondary N) is 2. The number of aromatic carboxylic acids is 1. The topological polar surface area (TPSA) is 95.5 Å². The van der Waals surface area contributed by atoms with Gasteiger partial charge in [0.15, 0.2) is 0 Å². The molecule has 1 unspecified atom stereocenters. The van der Waals surface area contributed by atoms with Gasteiger partial charge in [0.05, 0.1) is 18.0 Å². The fourth-order valence-corrected chi connectivity index (χ4v) is 2.77. The number of carbonyl (C=O) groups is 3. The van der Waals surface area contributed by atoms with Crippen LogP contribution in [0.25, 0.3) is 0 Å². The van der Waals surface area contributed by atoms with E-state index in [1.807, 2.05) is 31.2 Å². The van der Waals surface area contributed by atoms with Crippen molar-refractivity contribution in [3.63, 3.8) is 0 Å². The van der Waals surface area contributed by atoms with Crippen molar-refractivity contribution in [1.82, 2.24) is 5.32 Å². The van der Waals surface area contributed by atoms with Gasteiger partial charge in [-0.25, -0.2) is 4.79 Å². The summed E-state index contributed by atoms with van der Waals surface area (Å²) in [5.74, 6) is -0.904. The summed E-state index contributed by atoms with van der Waals surface area (Å²) in [6.45, 7) is 1.89. The highest BCUT2D eigenvalue weighted by Gasteiger charge is 2.29. The first kappa shape index (κ1) is 18.6. The molecule has 0 bridgehead atoms. The van der Waals surface area contributed by atoms with Crippen LogP contribution in [0.2, 0.25) is 0 Å². The number of rotatable bonds is 7. The molecule has 1 saturated carbocycles. The quantitative estimate of drug-likeness (QED) is 0.701. The van der Waals surface area contributed by atoms with Crippen LogP contribution < -0.4 is 10.6 Å². The molecule has 2 amide bonds. The van der Waals surface area contributed by atoms with Crippen molar-refractivity contribution >= 4 is 23.5 Å². The third-order valence-electron chi connectivity index (χ3n) is 4.57. The molecule has 1 atom stereocenters. The molecule has 1 fully saturated rings. The zero-order chi connectivity index (χ0) is 19.4. The van der Waals surface area contributed by atoms with E-state index < -0.39 is 5.97 Å². The molecular weight excluding hydrogens is 344 g/mol. The van der Waals surface area contributed by atoms with Crippen molar-refractivity contribution in [2.75, 3.05) is 5.32 Å². The van der Waals surface area contributed by atoms with Crippen LogP contribution in [0.5, 0.6) is 0 Å². The predicted octanol–water partition coefficient (Wildman–Crippen LogP) is 3.15. The number of amides is 2. The first-order valence-corrected chi connectivity index (χ1v) is 8.95. The Hall–Kier alpha value is -3.15. The van der Waals surface area contributed by atoms with Gasteiger partial charge in [-0.1, -0.05) is 24.3 Å². The highest BCUT2D eigenvalue weighted by atomic mass is 16.4. The van der Waals surface area contributed by atoms with Crippen LogP contribution >= 0.6 is 0 Å². The molecule has 0 aromatic heterocycles. The molecule has 0 radical (unpaired) electrons. The molecule has 27 heavy (non-hydrogen) atoms. The van der Waals surface area contributed by atoms with Crippen molar-refractivity contribution < 1.29 is 19.5 Å². The minimum atomic E-state index is -0.989. The Morgan fingerprint density at radius 1 is 1.04 bits per heavy atom. The van der Waals surface area contributed by atoms with Crippen LogP contribution in [0.15, 0.2) is 48.5 Å². The van der Waals surface area contributed by atoms with E-state index in [1.54, 1.807) is 12.1 Å². The van der Waals surface area contributed by atoms with Gasteiger partial charge in [-0.15, -0.1) is 0 Å². The van der Waals surface area contributed by atoms with Crippen molar-refractivity contribution in [1.29, 1.82) is 0 Å². The molecule has 2 aromatic carbocycles. The average Bonchev–Trinajstić information content (AvgIpc) is 3.48. The van der Waals surface area contributed by atoms with Crippen LogP contribution in [0.1, 0.15) is 47.3 Å². The standard InChI is InChI=1S/C21H22N2O4/c1-13(15-8-10-18(11-9-15)23-20(25)16-6-7-16)22-19(24)12-14-2-4-17(5-3-14)21(26)27/h2-5,8-11,13,16H,6-7,12H2,1H3,(H,22,24)(H,23,25)(H,26,27). The Morgan fingerprint density at radius 3 is 2.22 bits per heavy atom. The molecule has 1 aliphatic rings. The molecule has 140 valence electrons. The molecule has 6 heteroatoms. The normalized spacial score (nSPS) is 14.3. The van der Waals surface area contributed by atoms with Crippen molar-refractivity contribution in [3.8, 4) is 0 Å². The molecule has 0 spiro atoms. The maximum atomic E-state index is 12.2. The van der Waals surface area contributed by atoms with Crippen molar-refractivity contribution in [2.45, 2.75) is 32.2 Å². The summed E-state index contributed by atoms with van der Waals surface area (Å²) in [5.41, 5.74) is 2.64. The predicted molar refractivity (Wildman–Crippen MR) is 101 cm³/mol. The lowest BCUT2D eigenvalue weighted by Crippen LogP contribution is -2.28. The minimum absolute atomic E-state index is 0.0676. The second-order valence-corrected chi connectivity index (χ2v) is 6.85. The fourth-order valence-electron chi connectivity index (χ4n) is 2.77. The Balaban J connectivity index is 1.52. The van der Waals surface area contributed by atoms with Crippen LogP contribution in [0.4, 0.5) is 5.69 Å². The van der Waals surface area contributed by atoms with E-state index in [0.717, 1.165) is 29.7 Å². The summed E-state index contributed by atoms with van der Waals surface area (Å²) in [5, 5.41) is 14.7. The molecule has 0 saturated heterocycles. The van der Waals surface area contributed by atoms with E-state index in [1.165, 1.54) is 12.1 Å². The largest absolute Gasteiger partial charge is 0.478 e. The third kappa shape index (κ3) is 5.17. The highest BCUT2D eigenvalue weighted by molar-refractivity contribution is 5.94. The van der Waals surface area contributed by atoms with Gasteiger partial charge < -0.3 is 15.7 Å². The first-order valence-electron chi connectivity index (χ1n) is 8.95. The third-order valence-corrected chi connectivity index (χ3v) is 4.57. The number of hydrogen-bond acceptors (Lipinski definition) is 3. The van der Waals surface area contributed by atoms with Crippen LogP contribution in [-0.2, 0) is 16.0 Å². The van der Waals surface area contributed by atoms with Gasteiger partial charge in [0, 0.05) is 11.6 Å². The minimum Gasteiger partial charge on any atom is -0.478 e. The maximum absolute atomic E-state index is 12.2. The zero-order valence-corrected chi connectivity index (χ0v) is 15.1. The van der Waals surface area contributed by atoms with Gasteiger partial charge in [-0.05, 0) is 55.2 Å². The lowest BCUT2D eigenvalue weighted by atomic mass is 10.1. The molecule has 2 aromatic rings. The lowest BCUT2D eigenvalue weighted by Gasteiger charge is -2.15. The molecule has 3 N–H and O–H groups in total. The Labute approximate surface area is 157 Å². The van der Waals surface area contributed by atoms with E-state index in [2.05, 4.69) is 10.6 Å². The molecule has 3 rings (SSSR count). The summed E-state index contributed by atoms with van der Waals surface area (Å²) in [6, 6.07) is 13.5. The first-order chi connectivity index (χ1) is 12.9. The van der Waals surface area contributed by atoms with E-state index in [4.69, 9.17) is 5.11 Å². The van der Waals surface area contributed by atoms with Crippen LogP contribution in [-0.4, -0.2) is 22.9 Å². The van der Waals surface area contributed by atoms with Crippen LogP contribution in [0.3, 0.4) is 0 Å². The van der Waals surface area contributed by atoms with E-state index in [-0.39, 0.29) is 35.8 Å². The summed E-state index contributed by atoms with van der Waals surface area (Å²) in [6.07, 6.45) is 2.11. The number of hydrogen-bond donors (Lipinski definition) is 3. The van der Waals surface area contributed by atoms with E-state index >= 15 is 0 Å². The van der Waals surface area contributed by atoms with Gasteiger partial charge in [-0.3, -0.25) is 9.59 Å². The Kier molecular flexibility index (Phi) is 5.54. The molecule has 0 heterocycles. The number of benzene rings is 2. The molecular formula is C21H22N2O4. The maximum Gasteiger partial charge on any atom is 0.335 e. The zero-order valence-electron chi connectivity index (χ0n) is 15.1. The number of anilines is 1. The van der Waals surface area contributed by atoms with E-state index in [0.29, 0.717) is 0 Å². The lowest BCUT2D eigenvalue weighted by molar-refractivity contribution is -0.121. The second-order valence-electron chi connectivity index (χ2n) is 6.85. The van der Waals surface area contributed by atoms with E-state index in [9.17, 15) is 14.4 Å². The molecule has 1 aliphatic carbocycles. The van der Waals surface area contributed by atoms with Crippen LogP contribution in [0, 0.1) is 5.92 Å². The average molecular weight is 366 g/mol. The smallest absolute Gasteiger partial charge is 0.335 e. The second kappa shape index (κ2) is 8.03. The summed E-state index contributed by atoms with van der Waals surface area (Å²) >= 11 is 0. The van der Waals surface area contributed by atoms with Gasteiger partial charge in [0.25, 0.3) is 0 Å². The highest BCUT2D eigenvalue weighted by Crippen LogP contribution is 2.30. The van der Waals surface area contributed by atoms with Crippen molar-refractivity contribution in [3.05, 3.63) is 65.2 Å². The SMILES string of the molecule is CC(NC(=O)Cc1ccc(C(=O)O)cc1)c1ccc(NC(=O)C2CC2)cc1. The molecule has 0 aliphatic heterocycles. The summed E-state index contributed by atoms with van der Waals surface area (Å²) < 4.78 is 0. The Bertz CT molecular complexity index is 839. The number of carboxylic acid groups (broad SMARTS) is 1. The Morgan fingerprint density at radius 2 is 1.67 bits per heavy atom. The van der Waals surface area contributed by atoms with Gasteiger partial charge >= 0.3 is 5.97 Å². The summed E-state index contributed by atoms with van der Waals surface area (Å²) in [4.78, 5) is 34.8. The number of carboxylic acids is 1. The monoisotopic (exact) mass is 366 g/mol.